The fraction of sp³-hybridized carbons (Fsp3) is 0.318. The minimum Gasteiger partial charge on any atom is -0.481 e. The van der Waals surface area contributed by atoms with Crippen LogP contribution in [0.4, 0.5) is 16.0 Å². The Morgan fingerprint density at radius 2 is 1.94 bits per heavy atom. The minimum absolute atomic E-state index is 0.255. The molecule has 10 nitrogen and oxygen atoms in total. The van der Waals surface area contributed by atoms with Crippen LogP contribution in [0.1, 0.15) is 29.0 Å². The van der Waals surface area contributed by atoms with Crippen molar-refractivity contribution in [2.24, 2.45) is 7.05 Å². The lowest BCUT2D eigenvalue weighted by atomic mass is 10.3. The fourth-order valence-electron chi connectivity index (χ4n) is 3.43. The van der Waals surface area contributed by atoms with Crippen LogP contribution < -0.4 is 15.0 Å². The molecule has 1 aliphatic rings. The van der Waals surface area contributed by atoms with Crippen molar-refractivity contribution in [3.63, 3.8) is 0 Å². The Balaban J connectivity index is 0.000000243. The maximum atomic E-state index is 12.6. The number of nitrogens with zero attached hydrogens (tertiary/aromatic N) is 7. The van der Waals surface area contributed by atoms with Crippen molar-refractivity contribution in [3.05, 3.63) is 60.2 Å². The van der Waals surface area contributed by atoms with Gasteiger partial charge >= 0.3 is 0 Å². The maximum absolute atomic E-state index is 12.6. The van der Waals surface area contributed by atoms with Crippen LogP contribution in [0.3, 0.4) is 0 Å². The second-order valence-electron chi connectivity index (χ2n) is 7.56. The highest BCUT2D eigenvalue weighted by atomic mass is 19.1. The van der Waals surface area contributed by atoms with Gasteiger partial charge in [0.1, 0.15) is 23.0 Å². The van der Waals surface area contributed by atoms with Gasteiger partial charge in [0.15, 0.2) is 11.5 Å². The lowest BCUT2D eigenvalue weighted by Gasteiger charge is -2.16. The van der Waals surface area contributed by atoms with Crippen molar-refractivity contribution in [1.82, 2.24) is 29.1 Å². The molecule has 1 N–H and O–H groups in total. The molecule has 1 aliphatic heterocycles. The minimum atomic E-state index is -0.351. The average Bonchev–Trinajstić information content (AvgIpc) is 3.55. The van der Waals surface area contributed by atoms with Crippen molar-refractivity contribution >= 4 is 23.2 Å². The summed E-state index contributed by atoms with van der Waals surface area (Å²) in [5.41, 5.74) is 1.00. The van der Waals surface area contributed by atoms with Gasteiger partial charge in [-0.05, 0) is 31.9 Å². The molecule has 0 aromatic carbocycles. The smallest absolute Gasteiger partial charge is 0.262 e. The Kier molecular flexibility index (Phi) is 6.48. The number of carbonyl (C=O) groups excluding carboxylic acids is 1. The molecule has 5 rings (SSSR count). The summed E-state index contributed by atoms with van der Waals surface area (Å²) < 4.78 is 20.3. The third-order valence-corrected chi connectivity index (χ3v) is 5.29. The van der Waals surface area contributed by atoms with E-state index in [1.54, 1.807) is 16.9 Å². The molecule has 1 fully saturated rings. The molecule has 1 saturated heterocycles. The number of hydrogen-bond acceptors (Lipinski definition) is 7. The maximum Gasteiger partial charge on any atom is 0.262 e. The highest BCUT2D eigenvalue weighted by molar-refractivity contribution is 6.07. The SMILES string of the molecule is COc1ccc(F)cn1.Cc1nc(NC(=O)c2cnn3ccc(N4CCCC4)nc23)cn1C. The topological polar surface area (TPSA) is 102 Å². The molecular weight excluding hydrogens is 427 g/mol. The standard InChI is InChI=1S/C16H19N7O.C6H6FNO/c1-11-18-13(10-21(11)2)19-16(24)12-9-17-23-8-5-14(20-15(12)23)22-6-3-4-7-22;1-9-6-3-2-5(7)4-8-6/h5,8-10H,3-4,6-7H2,1-2H3,(H,19,24);2-4H,1H3. The molecule has 0 radical (unpaired) electrons. The Bertz CT molecular complexity index is 1230. The number of ether oxygens (including phenoxy) is 1. The van der Waals surface area contributed by atoms with Crippen LogP contribution in [0.25, 0.3) is 5.65 Å². The summed E-state index contributed by atoms with van der Waals surface area (Å²) in [5, 5.41) is 7.03. The van der Waals surface area contributed by atoms with Crippen molar-refractivity contribution in [2.75, 3.05) is 30.4 Å². The number of hydrogen-bond donors (Lipinski definition) is 1. The quantitative estimate of drug-likeness (QED) is 0.508. The van der Waals surface area contributed by atoms with Gasteiger partial charge in [-0.15, -0.1) is 0 Å². The molecule has 4 aromatic rings. The van der Waals surface area contributed by atoms with Gasteiger partial charge in [0, 0.05) is 38.6 Å². The molecule has 5 heterocycles. The largest absolute Gasteiger partial charge is 0.481 e. The second-order valence-corrected chi connectivity index (χ2v) is 7.56. The first-order valence-corrected chi connectivity index (χ1v) is 10.5. The van der Waals surface area contributed by atoms with Gasteiger partial charge in [0.2, 0.25) is 5.88 Å². The Morgan fingerprint density at radius 3 is 2.58 bits per heavy atom. The zero-order valence-corrected chi connectivity index (χ0v) is 18.7. The molecule has 1 amide bonds. The molecule has 0 spiro atoms. The van der Waals surface area contributed by atoms with E-state index in [-0.39, 0.29) is 11.7 Å². The molecular formula is C22H25FN8O2. The first kappa shape index (κ1) is 22.2. The average molecular weight is 452 g/mol. The summed E-state index contributed by atoms with van der Waals surface area (Å²) in [4.78, 5) is 27.3. The lowest BCUT2D eigenvalue weighted by molar-refractivity contribution is 0.102. The van der Waals surface area contributed by atoms with Gasteiger partial charge in [-0.2, -0.15) is 5.10 Å². The summed E-state index contributed by atoms with van der Waals surface area (Å²) in [7, 11) is 3.37. The third kappa shape index (κ3) is 5.08. The zero-order chi connectivity index (χ0) is 23.4. The molecule has 172 valence electrons. The zero-order valence-electron chi connectivity index (χ0n) is 18.7. The van der Waals surface area contributed by atoms with E-state index in [1.165, 1.54) is 32.1 Å². The number of pyridine rings is 1. The summed E-state index contributed by atoms with van der Waals surface area (Å²) in [6, 6.07) is 4.70. The molecule has 0 saturated carbocycles. The van der Waals surface area contributed by atoms with Gasteiger partial charge in [0.25, 0.3) is 5.91 Å². The van der Waals surface area contributed by atoms with Gasteiger partial charge < -0.3 is 19.5 Å². The van der Waals surface area contributed by atoms with Crippen molar-refractivity contribution in [2.45, 2.75) is 19.8 Å². The van der Waals surface area contributed by atoms with Crippen LogP contribution in [0.2, 0.25) is 0 Å². The van der Waals surface area contributed by atoms with Gasteiger partial charge in [-0.3, -0.25) is 4.79 Å². The Hall–Kier alpha value is -4.02. The predicted molar refractivity (Wildman–Crippen MR) is 121 cm³/mol. The van der Waals surface area contributed by atoms with Gasteiger partial charge in [-0.25, -0.2) is 23.9 Å². The summed E-state index contributed by atoms with van der Waals surface area (Å²) >= 11 is 0. The number of amides is 1. The number of nitrogens with one attached hydrogen (secondary N) is 1. The number of fused-ring (bicyclic) bond motifs is 1. The van der Waals surface area contributed by atoms with E-state index in [4.69, 9.17) is 4.74 Å². The fourth-order valence-corrected chi connectivity index (χ4v) is 3.43. The van der Waals surface area contributed by atoms with Crippen LogP contribution in [-0.2, 0) is 7.05 Å². The number of rotatable bonds is 4. The molecule has 0 unspecified atom stereocenters. The van der Waals surface area contributed by atoms with Crippen LogP contribution in [0.15, 0.2) is 43.0 Å². The molecule has 33 heavy (non-hydrogen) atoms. The number of methoxy groups -OCH3 is 1. The first-order chi connectivity index (χ1) is 15.9. The number of aryl methyl sites for hydroxylation is 2. The summed E-state index contributed by atoms with van der Waals surface area (Å²) in [5.74, 6) is 2.07. The predicted octanol–water partition coefficient (Wildman–Crippen LogP) is 2.85. The van der Waals surface area contributed by atoms with E-state index < -0.39 is 0 Å². The normalized spacial score (nSPS) is 13.0. The number of anilines is 2. The molecule has 0 bridgehead atoms. The van der Waals surface area contributed by atoms with Gasteiger partial charge in [-0.1, -0.05) is 0 Å². The van der Waals surface area contributed by atoms with Crippen LogP contribution in [0.5, 0.6) is 5.88 Å². The number of halogens is 1. The molecule has 0 aliphatic carbocycles. The first-order valence-electron chi connectivity index (χ1n) is 10.5. The second kappa shape index (κ2) is 9.63. The van der Waals surface area contributed by atoms with E-state index in [0.29, 0.717) is 22.9 Å². The van der Waals surface area contributed by atoms with E-state index >= 15 is 0 Å². The molecule has 4 aromatic heterocycles. The number of carbonyl (C=O) groups is 1. The van der Waals surface area contributed by atoms with Crippen LogP contribution in [0, 0.1) is 12.7 Å². The van der Waals surface area contributed by atoms with Crippen LogP contribution in [-0.4, -0.2) is 55.2 Å². The van der Waals surface area contributed by atoms with E-state index in [9.17, 15) is 9.18 Å². The highest BCUT2D eigenvalue weighted by Crippen LogP contribution is 2.20. The monoisotopic (exact) mass is 452 g/mol. The Morgan fingerprint density at radius 1 is 1.15 bits per heavy atom. The third-order valence-electron chi connectivity index (χ3n) is 5.29. The van der Waals surface area contributed by atoms with E-state index in [1.807, 2.05) is 30.8 Å². The number of aromatic nitrogens is 6. The number of imidazole rings is 1. The Labute approximate surface area is 190 Å². The van der Waals surface area contributed by atoms with Crippen molar-refractivity contribution < 1.29 is 13.9 Å². The van der Waals surface area contributed by atoms with Gasteiger partial charge in [0.05, 0.1) is 19.5 Å². The lowest BCUT2D eigenvalue weighted by Crippen LogP contribution is -2.19. The summed E-state index contributed by atoms with van der Waals surface area (Å²) in [6.45, 7) is 3.90. The highest BCUT2D eigenvalue weighted by Gasteiger charge is 2.19. The van der Waals surface area contributed by atoms with E-state index in [0.717, 1.165) is 30.9 Å². The molecule has 0 atom stereocenters. The molecule has 11 heteroatoms. The van der Waals surface area contributed by atoms with Crippen molar-refractivity contribution in [3.8, 4) is 5.88 Å². The summed E-state index contributed by atoms with van der Waals surface area (Å²) in [6.07, 6.45) is 8.64. The van der Waals surface area contributed by atoms with E-state index in [2.05, 4.69) is 30.3 Å². The van der Waals surface area contributed by atoms with Crippen molar-refractivity contribution in [1.29, 1.82) is 0 Å². The van der Waals surface area contributed by atoms with Crippen LogP contribution >= 0.6 is 0 Å².